The summed E-state index contributed by atoms with van der Waals surface area (Å²) in [6.07, 6.45) is 10.9. The van der Waals surface area contributed by atoms with Gasteiger partial charge in [0.25, 0.3) is 0 Å². The van der Waals surface area contributed by atoms with Crippen LogP contribution in [0.5, 0.6) is 11.5 Å². The Morgan fingerprint density at radius 3 is 1.48 bits per heavy atom. The quantitative estimate of drug-likeness (QED) is 0.175. The zero-order chi connectivity index (χ0) is 30.7. The molecule has 1 aliphatic carbocycles. The van der Waals surface area contributed by atoms with Gasteiger partial charge in [-0.15, -0.1) is 0 Å². The minimum atomic E-state index is -0.0613. The zero-order valence-corrected chi connectivity index (χ0v) is 25.4. The third kappa shape index (κ3) is 8.15. The standard InChI is InChI=1S/C36H40N4O4/c1-25-35(41)31(29(17-37-25)23-43-21-27-11-5-3-6-12-27)19-39-33-15-9-10-16-34(33)40-20-32-30(18-38-26(2)36(32)42)24-44-22-28-13-7-4-8-14-28/h3-8,11-14,17-20,33-34,41-42H,9-10,15-16,21-24H2,1-2H3/t33-,34-/m0/s1. The number of ether oxygens (including phenoxy) is 2. The molecule has 0 aliphatic heterocycles. The van der Waals surface area contributed by atoms with Crippen LogP contribution in [0, 0.1) is 13.8 Å². The van der Waals surface area contributed by atoms with E-state index in [2.05, 4.69) is 9.97 Å². The molecule has 2 aromatic carbocycles. The number of benzene rings is 2. The Bertz CT molecular complexity index is 1460. The maximum Gasteiger partial charge on any atom is 0.145 e. The molecule has 2 heterocycles. The van der Waals surface area contributed by atoms with Crippen molar-refractivity contribution in [2.24, 2.45) is 9.98 Å². The van der Waals surface area contributed by atoms with Gasteiger partial charge in [0, 0.05) is 47.1 Å². The fourth-order valence-electron chi connectivity index (χ4n) is 5.31. The van der Waals surface area contributed by atoms with Crippen LogP contribution >= 0.6 is 0 Å². The Balaban J connectivity index is 1.30. The summed E-state index contributed by atoms with van der Waals surface area (Å²) in [4.78, 5) is 18.6. The van der Waals surface area contributed by atoms with Crippen LogP contribution in [0.2, 0.25) is 0 Å². The highest BCUT2D eigenvalue weighted by molar-refractivity contribution is 5.87. The highest BCUT2D eigenvalue weighted by Gasteiger charge is 2.24. The summed E-state index contributed by atoms with van der Waals surface area (Å²) in [7, 11) is 0. The average Bonchev–Trinajstić information content (AvgIpc) is 3.05. The van der Waals surface area contributed by atoms with E-state index in [1.807, 2.05) is 60.7 Å². The summed E-state index contributed by atoms with van der Waals surface area (Å²) < 4.78 is 11.9. The lowest BCUT2D eigenvalue weighted by molar-refractivity contribution is 0.106. The van der Waals surface area contributed by atoms with Crippen LogP contribution in [-0.2, 0) is 35.9 Å². The highest BCUT2D eigenvalue weighted by Crippen LogP contribution is 2.28. The SMILES string of the molecule is Cc1ncc(COCc2ccccc2)c(C=N[C@H]2CCCC[C@@H]2N=Cc2c(COCc3ccccc3)cnc(C)c2O)c1O. The molecule has 2 N–H and O–H groups in total. The maximum atomic E-state index is 10.9. The molecule has 1 aliphatic rings. The molecule has 2 atom stereocenters. The molecule has 0 bridgehead atoms. The second-order valence-corrected chi connectivity index (χ2v) is 11.2. The zero-order valence-electron chi connectivity index (χ0n) is 25.4. The second kappa shape index (κ2) is 15.4. The average molecular weight is 593 g/mol. The minimum Gasteiger partial charge on any atom is -0.505 e. The molecule has 44 heavy (non-hydrogen) atoms. The lowest BCUT2D eigenvalue weighted by Crippen LogP contribution is -2.27. The van der Waals surface area contributed by atoms with Gasteiger partial charge in [0.15, 0.2) is 0 Å². The van der Waals surface area contributed by atoms with Crippen LogP contribution in [0.1, 0.15) is 70.5 Å². The van der Waals surface area contributed by atoms with E-state index in [1.165, 1.54) is 0 Å². The predicted octanol–water partition coefficient (Wildman–Crippen LogP) is 6.79. The van der Waals surface area contributed by atoms with E-state index in [0.29, 0.717) is 48.9 Å². The number of rotatable bonds is 12. The topological polar surface area (TPSA) is 109 Å². The number of aliphatic imine (C=N–C) groups is 2. The molecule has 5 rings (SSSR count). The van der Waals surface area contributed by atoms with E-state index in [4.69, 9.17) is 19.5 Å². The van der Waals surface area contributed by atoms with Crippen LogP contribution in [0.3, 0.4) is 0 Å². The summed E-state index contributed by atoms with van der Waals surface area (Å²) in [5.41, 5.74) is 6.05. The van der Waals surface area contributed by atoms with E-state index >= 15 is 0 Å². The number of aromatic hydroxyl groups is 2. The Morgan fingerprint density at radius 2 is 1.07 bits per heavy atom. The molecule has 0 saturated heterocycles. The smallest absolute Gasteiger partial charge is 0.145 e. The molecule has 4 aromatic rings. The monoisotopic (exact) mass is 592 g/mol. The molecule has 8 heteroatoms. The van der Waals surface area contributed by atoms with Crippen molar-refractivity contribution in [3.63, 3.8) is 0 Å². The van der Waals surface area contributed by atoms with Gasteiger partial charge in [-0.05, 0) is 37.8 Å². The first-order chi connectivity index (χ1) is 21.5. The first-order valence-electron chi connectivity index (χ1n) is 15.1. The fraction of sp³-hybridized carbons (Fsp3) is 0.333. The molecular weight excluding hydrogens is 552 g/mol. The van der Waals surface area contributed by atoms with Gasteiger partial charge in [-0.3, -0.25) is 20.0 Å². The molecule has 2 aromatic heterocycles. The second-order valence-electron chi connectivity index (χ2n) is 11.2. The highest BCUT2D eigenvalue weighted by atomic mass is 16.5. The summed E-state index contributed by atoms with van der Waals surface area (Å²) in [6, 6.07) is 19.8. The van der Waals surface area contributed by atoms with Crippen molar-refractivity contribution in [3.05, 3.63) is 118 Å². The van der Waals surface area contributed by atoms with Crippen LogP contribution in [0.4, 0.5) is 0 Å². The van der Waals surface area contributed by atoms with E-state index < -0.39 is 0 Å². The lowest BCUT2D eigenvalue weighted by Gasteiger charge is -2.25. The van der Waals surface area contributed by atoms with Crippen molar-refractivity contribution in [1.29, 1.82) is 0 Å². The summed E-state index contributed by atoms with van der Waals surface area (Å²) in [6.45, 7) is 5.09. The van der Waals surface area contributed by atoms with Gasteiger partial charge in [0.05, 0.1) is 49.9 Å². The van der Waals surface area contributed by atoms with Crippen LogP contribution in [0.15, 0.2) is 83.0 Å². The van der Waals surface area contributed by atoms with E-state index in [0.717, 1.165) is 47.9 Å². The van der Waals surface area contributed by atoms with Crippen molar-refractivity contribution in [2.75, 3.05) is 0 Å². The molecule has 1 saturated carbocycles. The van der Waals surface area contributed by atoms with Crippen molar-refractivity contribution in [1.82, 2.24) is 9.97 Å². The molecule has 228 valence electrons. The first-order valence-corrected chi connectivity index (χ1v) is 15.1. The number of aromatic nitrogens is 2. The van der Waals surface area contributed by atoms with Crippen LogP contribution in [-0.4, -0.2) is 44.7 Å². The minimum absolute atomic E-state index is 0.0613. The van der Waals surface area contributed by atoms with Gasteiger partial charge in [0.1, 0.15) is 11.5 Å². The molecular formula is C36H40N4O4. The number of aryl methyl sites for hydroxylation is 2. The first kappa shape index (κ1) is 31.0. The van der Waals surface area contributed by atoms with Crippen LogP contribution < -0.4 is 0 Å². The molecule has 0 amide bonds. The largest absolute Gasteiger partial charge is 0.505 e. The van der Waals surface area contributed by atoms with E-state index in [-0.39, 0.29) is 23.6 Å². The predicted molar refractivity (Wildman–Crippen MR) is 172 cm³/mol. The van der Waals surface area contributed by atoms with Crippen molar-refractivity contribution < 1.29 is 19.7 Å². The molecule has 0 spiro atoms. The van der Waals surface area contributed by atoms with Crippen molar-refractivity contribution >= 4 is 12.4 Å². The van der Waals surface area contributed by atoms with Gasteiger partial charge >= 0.3 is 0 Å². The van der Waals surface area contributed by atoms with Crippen molar-refractivity contribution in [2.45, 2.75) is 78.0 Å². The third-order valence-corrected chi connectivity index (χ3v) is 7.94. The Kier molecular flexibility index (Phi) is 10.8. The van der Waals surface area contributed by atoms with E-state index in [1.54, 1.807) is 38.7 Å². The van der Waals surface area contributed by atoms with Gasteiger partial charge in [0.2, 0.25) is 0 Å². The molecule has 0 radical (unpaired) electrons. The third-order valence-electron chi connectivity index (χ3n) is 7.94. The Hall–Kier alpha value is -4.40. The van der Waals surface area contributed by atoms with Gasteiger partial charge in [-0.25, -0.2) is 0 Å². The lowest BCUT2D eigenvalue weighted by atomic mass is 9.91. The summed E-state index contributed by atoms with van der Waals surface area (Å²) >= 11 is 0. The Labute approximate surface area is 259 Å². The van der Waals surface area contributed by atoms with Crippen molar-refractivity contribution in [3.8, 4) is 11.5 Å². The number of hydrogen-bond acceptors (Lipinski definition) is 8. The maximum absolute atomic E-state index is 10.9. The van der Waals surface area contributed by atoms with Gasteiger partial charge < -0.3 is 19.7 Å². The number of pyridine rings is 2. The van der Waals surface area contributed by atoms with E-state index in [9.17, 15) is 10.2 Å². The molecule has 1 fully saturated rings. The Morgan fingerprint density at radius 1 is 0.659 bits per heavy atom. The molecule has 8 nitrogen and oxygen atoms in total. The van der Waals surface area contributed by atoms with Crippen LogP contribution in [0.25, 0.3) is 0 Å². The van der Waals surface area contributed by atoms with Gasteiger partial charge in [-0.1, -0.05) is 73.5 Å². The summed E-state index contributed by atoms with van der Waals surface area (Å²) in [5.74, 6) is 0.227. The molecule has 0 unspecified atom stereocenters. The summed E-state index contributed by atoms with van der Waals surface area (Å²) in [5, 5.41) is 21.8. The van der Waals surface area contributed by atoms with Gasteiger partial charge in [-0.2, -0.15) is 0 Å². The fourth-order valence-corrected chi connectivity index (χ4v) is 5.31. The number of hydrogen-bond donors (Lipinski definition) is 2. The normalized spacial score (nSPS) is 17.0. The number of nitrogens with zero attached hydrogens (tertiary/aromatic N) is 4.